The molecule has 0 bridgehead atoms. The maximum Gasteiger partial charge on any atom is 0.127 e. The third-order valence-corrected chi connectivity index (χ3v) is 4.72. The molecule has 0 heterocycles. The zero-order valence-corrected chi connectivity index (χ0v) is 14.8. The molecule has 0 saturated carbocycles. The van der Waals surface area contributed by atoms with E-state index < -0.39 is 0 Å². The lowest BCUT2D eigenvalue weighted by Gasteiger charge is -2.24. The van der Waals surface area contributed by atoms with Crippen molar-refractivity contribution < 1.29 is 4.74 Å². The van der Waals surface area contributed by atoms with Gasteiger partial charge in [-0.25, -0.2) is 0 Å². The van der Waals surface area contributed by atoms with Gasteiger partial charge in [0.1, 0.15) is 5.75 Å². The van der Waals surface area contributed by atoms with Gasteiger partial charge in [-0.15, -0.1) is 0 Å². The maximum atomic E-state index is 5.68. The first-order valence-corrected chi connectivity index (χ1v) is 7.86. The topological polar surface area (TPSA) is 21.3 Å². The van der Waals surface area contributed by atoms with Crippen LogP contribution < -0.4 is 10.1 Å². The van der Waals surface area contributed by atoms with Crippen LogP contribution in [0, 0.1) is 20.8 Å². The molecule has 0 saturated heterocycles. The van der Waals surface area contributed by atoms with Crippen LogP contribution in [0.5, 0.6) is 5.75 Å². The highest BCUT2D eigenvalue weighted by Gasteiger charge is 2.22. The van der Waals surface area contributed by atoms with Crippen LogP contribution in [0.25, 0.3) is 0 Å². The van der Waals surface area contributed by atoms with Gasteiger partial charge in [0.05, 0.1) is 13.2 Å². The monoisotopic (exact) mass is 347 g/mol. The van der Waals surface area contributed by atoms with Gasteiger partial charge >= 0.3 is 0 Å². The summed E-state index contributed by atoms with van der Waals surface area (Å²) in [4.78, 5) is 0. The van der Waals surface area contributed by atoms with Crippen molar-refractivity contribution in [2.75, 3.05) is 14.2 Å². The van der Waals surface area contributed by atoms with E-state index in [4.69, 9.17) is 4.74 Å². The van der Waals surface area contributed by atoms with Crippen molar-refractivity contribution in [2.24, 2.45) is 0 Å². The number of ether oxygens (including phenoxy) is 1. The minimum atomic E-state index is 0.108. The number of benzene rings is 2. The molecule has 0 aromatic heterocycles. The van der Waals surface area contributed by atoms with Crippen LogP contribution in [-0.4, -0.2) is 14.2 Å². The molecule has 1 N–H and O–H groups in total. The minimum Gasteiger partial charge on any atom is -0.496 e. The molecular weight excluding hydrogens is 326 g/mol. The smallest absolute Gasteiger partial charge is 0.127 e. The van der Waals surface area contributed by atoms with E-state index in [9.17, 15) is 0 Å². The molecule has 0 aliphatic carbocycles. The second-order valence-electron chi connectivity index (χ2n) is 5.38. The third kappa shape index (κ3) is 3.14. The van der Waals surface area contributed by atoms with Crippen LogP contribution in [0.4, 0.5) is 0 Å². The normalized spacial score (nSPS) is 12.3. The van der Waals surface area contributed by atoms with Crippen LogP contribution in [0.1, 0.15) is 33.9 Å². The Labute approximate surface area is 135 Å². The van der Waals surface area contributed by atoms with Gasteiger partial charge in [0.15, 0.2) is 0 Å². The summed E-state index contributed by atoms with van der Waals surface area (Å²) in [6.45, 7) is 6.31. The van der Waals surface area contributed by atoms with Crippen molar-refractivity contribution in [3.8, 4) is 5.75 Å². The molecule has 3 heteroatoms. The highest BCUT2D eigenvalue weighted by molar-refractivity contribution is 9.10. The molecule has 1 unspecified atom stereocenters. The molecule has 21 heavy (non-hydrogen) atoms. The number of aryl methyl sites for hydroxylation is 2. The third-order valence-electron chi connectivity index (χ3n) is 3.90. The molecular formula is C18H22BrNO. The number of halogens is 1. The molecule has 1 atom stereocenters. The minimum absolute atomic E-state index is 0.108. The van der Waals surface area contributed by atoms with Crippen molar-refractivity contribution in [1.29, 1.82) is 0 Å². The zero-order chi connectivity index (χ0) is 15.6. The molecule has 2 aromatic carbocycles. The molecule has 2 nitrogen and oxygen atoms in total. The number of hydrogen-bond acceptors (Lipinski definition) is 2. The SMILES string of the molecule is CNC(c1ccc(C)cc1)c1c(C)c(Br)cc(C)c1OC. The summed E-state index contributed by atoms with van der Waals surface area (Å²) >= 11 is 3.66. The van der Waals surface area contributed by atoms with E-state index in [1.807, 2.05) is 7.05 Å². The lowest BCUT2D eigenvalue weighted by atomic mass is 9.92. The molecule has 0 aliphatic heterocycles. The van der Waals surface area contributed by atoms with Gasteiger partial charge in [-0.3, -0.25) is 0 Å². The van der Waals surface area contributed by atoms with Crippen LogP contribution in [0.2, 0.25) is 0 Å². The summed E-state index contributed by atoms with van der Waals surface area (Å²) in [5, 5.41) is 3.42. The highest BCUT2D eigenvalue weighted by Crippen LogP contribution is 2.38. The van der Waals surface area contributed by atoms with Crippen LogP contribution >= 0.6 is 15.9 Å². The van der Waals surface area contributed by atoms with E-state index in [0.717, 1.165) is 15.8 Å². The van der Waals surface area contributed by atoms with E-state index in [2.05, 4.69) is 72.3 Å². The predicted molar refractivity (Wildman–Crippen MR) is 92.2 cm³/mol. The average molecular weight is 348 g/mol. The number of rotatable bonds is 4. The summed E-state index contributed by atoms with van der Waals surface area (Å²) in [6, 6.07) is 10.9. The van der Waals surface area contributed by atoms with Gasteiger partial charge in [0, 0.05) is 10.0 Å². The standard InChI is InChI=1S/C18H22BrNO/c1-11-6-8-14(9-7-11)17(20-4)16-13(3)15(19)10-12(2)18(16)21-5/h6-10,17,20H,1-5H3. The van der Waals surface area contributed by atoms with E-state index in [0.29, 0.717) is 0 Å². The molecule has 2 rings (SSSR count). The summed E-state index contributed by atoms with van der Waals surface area (Å²) < 4.78 is 6.79. The van der Waals surface area contributed by atoms with Crippen LogP contribution in [0.15, 0.2) is 34.8 Å². The Balaban J connectivity index is 2.64. The molecule has 0 fully saturated rings. The Bertz CT molecular complexity index is 635. The highest BCUT2D eigenvalue weighted by atomic mass is 79.9. The van der Waals surface area contributed by atoms with Crippen molar-refractivity contribution in [2.45, 2.75) is 26.8 Å². The molecule has 0 spiro atoms. The Morgan fingerprint density at radius 3 is 2.24 bits per heavy atom. The quantitative estimate of drug-likeness (QED) is 0.865. The Kier molecular flexibility index (Phi) is 5.07. The summed E-state index contributed by atoms with van der Waals surface area (Å²) in [6.07, 6.45) is 0. The first kappa shape index (κ1) is 16.1. The Hall–Kier alpha value is -1.32. The average Bonchev–Trinajstić information content (AvgIpc) is 2.46. The summed E-state index contributed by atoms with van der Waals surface area (Å²) in [7, 11) is 3.72. The Morgan fingerprint density at radius 2 is 1.71 bits per heavy atom. The second-order valence-corrected chi connectivity index (χ2v) is 6.23. The van der Waals surface area contributed by atoms with Crippen molar-refractivity contribution in [3.05, 3.63) is 62.6 Å². The van der Waals surface area contributed by atoms with Gasteiger partial charge in [0.25, 0.3) is 0 Å². The number of hydrogen-bond donors (Lipinski definition) is 1. The van der Waals surface area contributed by atoms with Crippen molar-refractivity contribution in [1.82, 2.24) is 5.32 Å². The predicted octanol–water partition coefficient (Wildman–Crippen LogP) is 4.69. The molecule has 0 radical (unpaired) electrons. The fourth-order valence-electron chi connectivity index (χ4n) is 2.73. The van der Waals surface area contributed by atoms with Gasteiger partial charge < -0.3 is 10.1 Å². The molecule has 0 aliphatic rings. The lowest BCUT2D eigenvalue weighted by Crippen LogP contribution is -2.20. The van der Waals surface area contributed by atoms with Crippen molar-refractivity contribution in [3.63, 3.8) is 0 Å². The van der Waals surface area contributed by atoms with Crippen LogP contribution in [-0.2, 0) is 0 Å². The molecule has 0 amide bonds. The van der Waals surface area contributed by atoms with Gasteiger partial charge in [-0.2, -0.15) is 0 Å². The zero-order valence-electron chi connectivity index (χ0n) is 13.3. The maximum absolute atomic E-state index is 5.68. The van der Waals surface area contributed by atoms with E-state index in [1.54, 1.807) is 7.11 Å². The summed E-state index contributed by atoms with van der Waals surface area (Å²) in [5.41, 5.74) is 6.04. The Morgan fingerprint density at radius 1 is 1.10 bits per heavy atom. The van der Waals surface area contributed by atoms with E-state index in [-0.39, 0.29) is 6.04 Å². The van der Waals surface area contributed by atoms with Gasteiger partial charge in [-0.1, -0.05) is 45.8 Å². The number of nitrogens with one attached hydrogen (secondary N) is 1. The van der Waals surface area contributed by atoms with E-state index >= 15 is 0 Å². The summed E-state index contributed by atoms with van der Waals surface area (Å²) in [5.74, 6) is 0.954. The first-order valence-electron chi connectivity index (χ1n) is 7.07. The number of methoxy groups -OCH3 is 1. The fraction of sp³-hybridized carbons (Fsp3) is 0.333. The largest absolute Gasteiger partial charge is 0.496 e. The first-order chi connectivity index (χ1) is 9.99. The van der Waals surface area contributed by atoms with Crippen molar-refractivity contribution >= 4 is 15.9 Å². The lowest BCUT2D eigenvalue weighted by molar-refractivity contribution is 0.401. The van der Waals surface area contributed by atoms with Gasteiger partial charge in [0.2, 0.25) is 0 Å². The fourth-order valence-corrected chi connectivity index (χ4v) is 3.29. The van der Waals surface area contributed by atoms with Crippen LogP contribution in [0.3, 0.4) is 0 Å². The van der Waals surface area contributed by atoms with E-state index in [1.165, 1.54) is 22.3 Å². The second kappa shape index (κ2) is 6.63. The molecule has 2 aromatic rings. The van der Waals surface area contributed by atoms with Gasteiger partial charge in [-0.05, 0) is 50.6 Å². The molecule has 112 valence electrons.